The van der Waals surface area contributed by atoms with E-state index in [1.165, 1.54) is 11.8 Å². The number of hydrogen-bond acceptors (Lipinski definition) is 7. The lowest BCUT2D eigenvalue weighted by Gasteiger charge is -2.10. The van der Waals surface area contributed by atoms with Gasteiger partial charge in [0.05, 0.1) is 30.5 Å². The molecule has 0 atom stereocenters. The monoisotopic (exact) mass is 452 g/mol. The Morgan fingerprint density at radius 2 is 1.68 bits per heavy atom. The fourth-order valence-corrected chi connectivity index (χ4v) is 4.34. The van der Waals surface area contributed by atoms with Gasteiger partial charge in [-0.2, -0.15) is 0 Å². The van der Waals surface area contributed by atoms with Crippen molar-refractivity contribution in [2.24, 2.45) is 0 Å². The van der Waals surface area contributed by atoms with Crippen molar-refractivity contribution >= 4 is 34.7 Å². The van der Waals surface area contributed by atoms with Crippen LogP contribution in [0.4, 0.5) is 5.69 Å². The molecule has 0 saturated carbocycles. The van der Waals surface area contributed by atoms with Crippen LogP contribution in [0.1, 0.15) is 0 Å². The number of hydrogen-bond donors (Lipinski definition) is 1. The average Bonchev–Trinajstić information content (AvgIpc) is 3.48. The Bertz CT molecular complexity index is 1140. The normalized spacial score (nSPS) is 10.6. The Labute approximate surface area is 188 Å². The van der Waals surface area contributed by atoms with Crippen molar-refractivity contribution in [2.45, 2.75) is 5.16 Å². The third-order valence-electron chi connectivity index (χ3n) is 4.41. The molecular formula is C22H20N4O3S2. The van der Waals surface area contributed by atoms with Crippen LogP contribution < -0.4 is 14.8 Å². The molecule has 31 heavy (non-hydrogen) atoms. The molecule has 0 fully saturated rings. The number of anilines is 1. The maximum Gasteiger partial charge on any atom is 0.234 e. The minimum absolute atomic E-state index is 0.128. The Kier molecular flexibility index (Phi) is 6.54. The molecule has 0 aliphatic rings. The second-order valence-electron chi connectivity index (χ2n) is 6.38. The summed E-state index contributed by atoms with van der Waals surface area (Å²) in [5.74, 6) is 2.31. The molecule has 7 nitrogen and oxygen atoms in total. The molecule has 158 valence electrons. The highest BCUT2D eigenvalue weighted by molar-refractivity contribution is 7.99. The minimum Gasteiger partial charge on any atom is -0.497 e. The Hall–Kier alpha value is -3.30. The smallest absolute Gasteiger partial charge is 0.234 e. The number of carbonyl (C=O) groups is 1. The molecule has 2 aromatic heterocycles. The van der Waals surface area contributed by atoms with Gasteiger partial charge in [0, 0.05) is 5.69 Å². The molecule has 1 amide bonds. The van der Waals surface area contributed by atoms with E-state index in [0.29, 0.717) is 10.8 Å². The van der Waals surface area contributed by atoms with E-state index in [4.69, 9.17) is 9.47 Å². The summed E-state index contributed by atoms with van der Waals surface area (Å²) in [6, 6.07) is 18.8. The number of thioether (sulfide) groups is 1. The second kappa shape index (κ2) is 9.67. The topological polar surface area (TPSA) is 78.3 Å². The molecule has 9 heteroatoms. The largest absolute Gasteiger partial charge is 0.497 e. The van der Waals surface area contributed by atoms with E-state index in [9.17, 15) is 4.79 Å². The van der Waals surface area contributed by atoms with Crippen LogP contribution >= 0.6 is 23.1 Å². The lowest BCUT2D eigenvalue weighted by molar-refractivity contribution is -0.113. The first-order chi connectivity index (χ1) is 15.2. The zero-order valence-electron chi connectivity index (χ0n) is 16.9. The highest BCUT2D eigenvalue weighted by atomic mass is 32.2. The summed E-state index contributed by atoms with van der Waals surface area (Å²) < 4.78 is 12.4. The number of carbonyl (C=O) groups excluding carboxylic acids is 1. The number of ether oxygens (including phenoxy) is 2. The number of nitrogens with zero attached hydrogens (tertiary/aromatic N) is 3. The van der Waals surface area contributed by atoms with Gasteiger partial charge in [-0.05, 0) is 60.0 Å². The van der Waals surface area contributed by atoms with E-state index in [1.54, 1.807) is 49.8 Å². The van der Waals surface area contributed by atoms with E-state index in [2.05, 4.69) is 15.5 Å². The molecule has 1 N–H and O–H groups in total. The Morgan fingerprint density at radius 3 is 2.29 bits per heavy atom. The predicted molar refractivity (Wildman–Crippen MR) is 124 cm³/mol. The van der Waals surface area contributed by atoms with Gasteiger partial charge in [0.15, 0.2) is 11.0 Å². The summed E-state index contributed by atoms with van der Waals surface area (Å²) in [5.41, 5.74) is 1.61. The number of methoxy groups -OCH3 is 2. The van der Waals surface area contributed by atoms with E-state index in [1.807, 2.05) is 46.3 Å². The van der Waals surface area contributed by atoms with Gasteiger partial charge in [0.1, 0.15) is 11.5 Å². The third-order valence-corrected chi connectivity index (χ3v) is 6.21. The van der Waals surface area contributed by atoms with Crippen molar-refractivity contribution in [1.29, 1.82) is 0 Å². The van der Waals surface area contributed by atoms with Crippen LogP contribution in [-0.4, -0.2) is 40.6 Å². The zero-order valence-corrected chi connectivity index (χ0v) is 18.6. The van der Waals surface area contributed by atoms with Gasteiger partial charge in [-0.25, -0.2) is 0 Å². The minimum atomic E-state index is -0.128. The van der Waals surface area contributed by atoms with Crippen LogP contribution in [0.2, 0.25) is 0 Å². The molecule has 2 aromatic carbocycles. The summed E-state index contributed by atoms with van der Waals surface area (Å²) >= 11 is 2.92. The highest BCUT2D eigenvalue weighted by Gasteiger charge is 2.18. The van der Waals surface area contributed by atoms with Gasteiger partial charge in [0.2, 0.25) is 5.91 Å². The molecule has 0 bridgehead atoms. The summed E-state index contributed by atoms with van der Waals surface area (Å²) in [6.07, 6.45) is 0. The van der Waals surface area contributed by atoms with Gasteiger partial charge in [-0.3, -0.25) is 9.36 Å². The van der Waals surface area contributed by atoms with Crippen LogP contribution in [0.5, 0.6) is 11.5 Å². The summed E-state index contributed by atoms with van der Waals surface area (Å²) in [4.78, 5) is 13.5. The van der Waals surface area contributed by atoms with Crippen molar-refractivity contribution in [3.8, 4) is 27.9 Å². The fraction of sp³-hybridized carbons (Fsp3) is 0.136. The molecule has 0 unspecified atom stereocenters. The second-order valence-corrected chi connectivity index (χ2v) is 8.27. The van der Waals surface area contributed by atoms with Crippen molar-refractivity contribution in [3.63, 3.8) is 0 Å². The van der Waals surface area contributed by atoms with Crippen LogP contribution in [0.3, 0.4) is 0 Å². The van der Waals surface area contributed by atoms with Crippen LogP contribution in [0.25, 0.3) is 16.4 Å². The number of amides is 1. The highest BCUT2D eigenvalue weighted by Crippen LogP contribution is 2.31. The number of aromatic nitrogens is 3. The lowest BCUT2D eigenvalue weighted by Crippen LogP contribution is -2.14. The molecule has 0 saturated heterocycles. The molecule has 0 aliphatic carbocycles. The van der Waals surface area contributed by atoms with Crippen molar-refractivity contribution < 1.29 is 14.3 Å². The number of nitrogens with one attached hydrogen (secondary N) is 1. The molecular weight excluding hydrogens is 432 g/mol. The molecule has 2 heterocycles. The Balaban J connectivity index is 1.54. The van der Waals surface area contributed by atoms with Crippen LogP contribution in [0, 0.1) is 0 Å². The van der Waals surface area contributed by atoms with Crippen molar-refractivity contribution in [3.05, 3.63) is 66.0 Å². The number of rotatable bonds is 8. The molecule has 0 aliphatic heterocycles. The van der Waals surface area contributed by atoms with E-state index in [0.717, 1.165) is 27.9 Å². The van der Waals surface area contributed by atoms with E-state index < -0.39 is 0 Å². The standard InChI is InChI=1S/C22H20N4O3S2/c1-28-17-9-5-15(6-10-17)23-20(27)14-31-22-25-24-21(19-4-3-13-30-19)26(22)16-7-11-18(29-2)12-8-16/h3-13H,14H2,1-2H3,(H,23,27). The summed E-state index contributed by atoms with van der Waals surface area (Å²) in [6.45, 7) is 0. The number of benzene rings is 2. The SMILES string of the molecule is COc1ccc(NC(=O)CSc2nnc(-c3cccs3)n2-c2ccc(OC)cc2)cc1. The quantitative estimate of drug-likeness (QED) is 0.389. The van der Waals surface area contributed by atoms with Gasteiger partial charge < -0.3 is 14.8 Å². The predicted octanol–water partition coefficient (Wildman–Crippen LogP) is 4.74. The lowest BCUT2D eigenvalue weighted by atomic mass is 10.3. The van der Waals surface area contributed by atoms with Crippen molar-refractivity contribution in [2.75, 3.05) is 25.3 Å². The van der Waals surface area contributed by atoms with Crippen molar-refractivity contribution in [1.82, 2.24) is 14.8 Å². The van der Waals surface area contributed by atoms with Crippen LogP contribution in [-0.2, 0) is 4.79 Å². The first-order valence-corrected chi connectivity index (χ1v) is 11.2. The van der Waals surface area contributed by atoms with E-state index >= 15 is 0 Å². The van der Waals surface area contributed by atoms with Crippen LogP contribution in [0.15, 0.2) is 71.2 Å². The molecule has 4 rings (SSSR count). The maximum absolute atomic E-state index is 12.5. The fourth-order valence-electron chi connectivity index (χ4n) is 2.89. The molecule has 0 spiro atoms. The van der Waals surface area contributed by atoms with Gasteiger partial charge >= 0.3 is 0 Å². The van der Waals surface area contributed by atoms with Gasteiger partial charge in [-0.15, -0.1) is 21.5 Å². The Morgan fingerprint density at radius 1 is 1.00 bits per heavy atom. The summed E-state index contributed by atoms with van der Waals surface area (Å²) in [7, 11) is 3.24. The van der Waals surface area contributed by atoms with E-state index in [-0.39, 0.29) is 11.7 Å². The first-order valence-electron chi connectivity index (χ1n) is 9.38. The summed E-state index contributed by atoms with van der Waals surface area (Å²) in [5, 5.41) is 14.3. The number of thiophene rings is 1. The maximum atomic E-state index is 12.5. The van der Waals surface area contributed by atoms with Gasteiger partial charge in [0.25, 0.3) is 0 Å². The van der Waals surface area contributed by atoms with Gasteiger partial charge in [-0.1, -0.05) is 17.8 Å². The third kappa shape index (κ3) is 4.89. The molecule has 4 aromatic rings. The zero-order chi connectivity index (χ0) is 21.6. The first kappa shape index (κ1) is 21.0. The molecule has 0 radical (unpaired) electrons. The average molecular weight is 453 g/mol.